The van der Waals surface area contributed by atoms with Gasteiger partial charge >= 0.3 is 5.97 Å². The molecule has 6 heteroatoms. The summed E-state index contributed by atoms with van der Waals surface area (Å²) in [6.45, 7) is 2.30. The van der Waals surface area contributed by atoms with Crippen LogP contribution < -0.4 is 11.6 Å². The van der Waals surface area contributed by atoms with Crippen LogP contribution in [0.4, 0.5) is 0 Å². The van der Waals surface area contributed by atoms with Crippen molar-refractivity contribution in [2.75, 3.05) is 6.61 Å². The summed E-state index contributed by atoms with van der Waals surface area (Å²) in [7, 11) is 0. The summed E-state index contributed by atoms with van der Waals surface area (Å²) in [6, 6.07) is 9.48. The van der Waals surface area contributed by atoms with Crippen molar-refractivity contribution in [3.8, 4) is 0 Å². The van der Waals surface area contributed by atoms with Gasteiger partial charge < -0.3 is 10.5 Å². The summed E-state index contributed by atoms with van der Waals surface area (Å²) in [4.78, 5) is 11.2. The van der Waals surface area contributed by atoms with Crippen molar-refractivity contribution < 1.29 is 9.53 Å². The number of hydrazone groups is 1. The number of nitrogens with two attached hydrogens (primary N) is 2. The number of benzene rings is 1. The Balaban J connectivity index is 2.56. The average Bonchev–Trinajstić information content (AvgIpc) is 2.30. The Bertz CT molecular complexity index is 392. The Hall–Kier alpha value is -2.08. The Kier molecular flexibility index (Phi) is 4.96. The maximum atomic E-state index is 11.2. The highest BCUT2D eigenvalue weighted by Gasteiger charge is 2.09. The van der Waals surface area contributed by atoms with E-state index in [-0.39, 0.29) is 12.4 Å². The zero-order valence-electron chi connectivity index (χ0n) is 9.67. The molecular weight excluding hydrogens is 220 g/mol. The van der Waals surface area contributed by atoms with E-state index in [4.69, 9.17) is 11.6 Å². The van der Waals surface area contributed by atoms with Crippen LogP contribution in [0.1, 0.15) is 12.5 Å². The van der Waals surface area contributed by atoms with Gasteiger partial charge in [0.15, 0.2) is 0 Å². The molecule has 0 aromatic heterocycles. The molecule has 0 spiro atoms. The molecule has 4 N–H and O–H groups in total. The number of ether oxygens (including phenoxy) is 1. The van der Waals surface area contributed by atoms with Crippen LogP contribution in [0.3, 0.4) is 0 Å². The van der Waals surface area contributed by atoms with Crippen molar-refractivity contribution in [3.63, 3.8) is 0 Å². The van der Waals surface area contributed by atoms with Gasteiger partial charge in [0.05, 0.1) is 13.2 Å². The van der Waals surface area contributed by atoms with Crippen molar-refractivity contribution in [2.45, 2.75) is 13.5 Å². The normalized spacial score (nSPS) is 11.1. The fraction of sp³-hybridized carbons (Fsp3) is 0.273. The van der Waals surface area contributed by atoms with E-state index in [0.717, 1.165) is 10.7 Å². The number of amidine groups is 1. The molecule has 1 aromatic carbocycles. The first-order valence-corrected chi connectivity index (χ1v) is 5.20. The van der Waals surface area contributed by atoms with E-state index in [1.54, 1.807) is 6.92 Å². The second-order valence-corrected chi connectivity index (χ2v) is 3.29. The molecule has 0 saturated heterocycles. The summed E-state index contributed by atoms with van der Waals surface area (Å²) in [6.07, 6.45) is 0. The molecule has 0 fully saturated rings. The van der Waals surface area contributed by atoms with Gasteiger partial charge in [0.25, 0.3) is 0 Å². The van der Waals surface area contributed by atoms with E-state index in [9.17, 15) is 4.79 Å². The number of hydrogen-bond acceptors (Lipinski definition) is 5. The van der Waals surface area contributed by atoms with Gasteiger partial charge in [0.2, 0.25) is 5.84 Å². The molecule has 0 bridgehead atoms. The quantitative estimate of drug-likeness (QED) is 0.256. The topological polar surface area (TPSA) is 93.9 Å². The van der Waals surface area contributed by atoms with Crippen molar-refractivity contribution in [1.82, 2.24) is 5.12 Å². The van der Waals surface area contributed by atoms with Crippen molar-refractivity contribution >= 4 is 11.8 Å². The monoisotopic (exact) mass is 236 g/mol. The fourth-order valence-electron chi connectivity index (χ4n) is 1.19. The van der Waals surface area contributed by atoms with Crippen LogP contribution in [0.25, 0.3) is 0 Å². The number of nitrogens with zero attached hydrogens (tertiary/aromatic N) is 2. The predicted octanol–water partition coefficient (Wildman–Crippen LogP) is 0.198. The molecular formula is C11H16N4O2. The molecule has 1 rings (SSSR count). The number of esters is 1. The molecule has 0 aliphatic carbocycles. The minimum Gasteiger partial charge on any atom is -0.460 e. The maximum absolute atomic E-state index is 11.2. The van der Waals surface area contributed by atoms with Gasteiger partial charge in [-0.3, -0.25) is 0 Å². The van der Waals surface area contributed by atoms with Gasteiger partial charge in [-0.05, 0) is 12.5 Å². The second kappa shape index (κ2) is 6.49. The first kappa shape index (κ1) is 13.0. The lowest BCUT2D eigenvalue weighted by molar-refractivity contribution is -0.135. The first-order valence-electron chi connectivity index (χ1n) is 5.20. The molecule has 0 atom stereocenters. The lowest BCUT2D eigenvalue weighted by atomic mass is 10.2. The van der Waals surface area contributed by atoms with Crippen LogP contribution in [-0.4, -0.2) is 23.5 Å². The predicted molar refractivity (Wildman–Crippen MR) is 64.4 cm³/mol. The van der Waals surface area contributed by atoms with Gasteiger partial charge in [-0.2, -0.15) is 0 Å². The second-order valence-electron chi connectivity index (χ2n) is 3.29. The Morgan fingerprint density at radius 1 is 1.41 bits per heavy atom. The number of carbonyl (C=O) groups excluding carboxylic acids is 1. The largest absolute Gasteiger partial charge is 0.460 e. The molecule has 0 saturated carbocycles. The Morgan fingerprint density at radius 3 is 2.65 bits per heavy atom. The molecule has 1 aromatic rings. The van der Waals surface area contributed by atoms with Crippen LogP contribution in [-0.2, 0) is 16.1 Å². The number of carbonyl (C=O) groups is 1. The zero-order valence-corrected chi connectivity index (χ0v) is 9.67. The molecule has 17 heavy (non-hydrogen) atoms. The van der Waals surface area contributed by atoms with Crippen LogP contribution in [0.2, 0.25) is 0 Å². The molecule has 0 unspecified atom stereocenters. The van der Waals surface area contributed by atoms with Gasteiger partial charge in [0.1, 0.15) is 0 Å². The third-order valence-corrected chi connectivity index (χ3v) is 1.91. The standard InChI is InChI=1S/C11H16N4O2/c1-2-17-11(16)10(12)14-15(13)8-9-6-4-3-5-7-9/h3-7H,2,8,13H2,1H3,(H2,12,14). The lowest BCUT2D eigenvalue weighted by Gasteiger charge is -2.12. The highest BCUT2D eigenvalue weighted by atomic mass is 16.5. The minimum absolute atomic E-state index is 0.248. The summed E-state index contributed by atoms with van der Waals surface area (Å²) in [5.41, 5.74) is 6.38. The van der Waals surface area contributed by atoms with E-state index in [0.29, 0.717) is 6.54 Å². The van der Waals surface area contributed by atoms with Crippen molar-refractivity contribution in [2.24, 2.45) is 16.7 Å². The molecule has 0 amide bonds. The van der Waals surface area contributed by atoms with E-state index < -0.39 is 5.97 Å². The van der Waals surface area contributed by atoms with Crippen LogP contribution in [0.15, 0.2) is 35.4 Å². The van der Waals surface area contributed by atoms with Crippen molar-refractivity contribution in [3.05, 3.63) is 35.9 Å². The molecule has 0 radical (unpaired) electrons. The van der Waals surface area contributed by atoms with Crippen LogP contribution in [0.5, 0.6) is 0 Å². The number of hydrazine groups is 1. The van der Waals surface area contributed by atoms with Gasteiger partial charge in [0, 0.05) is 0 Å². The van der Waals surface area contributed by atoms with Crippen molar-refractivity contribution in [1.29, 1.82) is 0 Å². The highest BCUT2D eigenvalue weighted by molar-refractivity contribution is 6.34. The minimum atomic E-state index is -0.670. The van der Waals surface area contributed by atoms with E-state index in [2.05, 4.69) is 9.84 Å². The van der Waals surface area contributed by atoms with Gasteiger partial charge in [-0.25, -0.2) is 15.8 Å². The lowest BCUT2D eigenvalue weighted by Crippen LogP contribution is -2.33. The number of hydrogen-bond donors (Lipinski definition) is 2. The average molecular weight is 236 g/mol. The fourth-order valence-corrected chi connectivity index (χ4v) is 1.19. The number of rotatable bonds is 4. The van der Waals surface area contributed by atoms with Crippen LogP contribution in [0, 0.1) is 0 Å². The first-order chi connectivity index (χ1) is 8.13. The molecule has 0 aliphatic rings. The SMILES string of the molecule is CCOC(=O)/C(N)=N/N(N)Cc1ccccc1. The summed E-state index contributed by atoms with van der Waals surface area (Å²) >= 11 is 0. The van der Waals surface area contributed by atoms with E-state index in [1.165, 1.54) is 0 Å². The Labute approximate surface area is 99.8 Å². The smallest absolute Gasteiger partial charge is 0.375 e. The zero-order chi connectivity index (χ0) is 12.7. The molecule has 6 nitrogen and oxygen atoms in total. The summed E-state index contributed by atoms with van der Waals surface area (Å²) in [5.74, 6) is 4.67. The molecule has 0 heterocycles. The summed E-state index contributed by atoms with van der Waals surface area (Å²) < 4.78 is 4.68. The van der Waals surface area contributed by atoms with Gasteiger partial charge in [-0.15, -0.1) is 5.10 Å². The summed E-state index contributed by atoms with van der Waals surface area (Å²) in [5, 5.41) is 4.82. The van der Waals surface area contributed by atoms with Gasteiger partial charge in [-0.1, -0.05) is 30.3 Å². The van der Waals surface area contributed by atoms with E-state index >= 15 is 0 Å². The van der Waals surface area contributed by atoms with E-state index in [1.807, 2.05) is 30.3 Å². The Morgan fingerprint density at radius 2 is 2.06 bits per heavy atom. The third-order valence-electron chi connectivity index (χ3n) is 1.91. The molecule has 0 aliphatic heterocycles. The third kappa shape index (κ3) is 4.52. The highest BCUT2D eigenvalue weighted by Crippen LogP contribution is 2.01. The molecule has 92 valence electrons. The van der Waals surface area contributed by atoms with Crippen LogP contribution >= 0.6 is 0 Å². The maximum Gasteiger partial charge on any atom is 0.375 e.